The molecule has 0 N–H and O–H groups in total. The SMILES string of the molecule is CCC/C=C/C=C/C(C)CCC. The Hall–Kier alpha value is -0.520. The highest BCUT2D eigenvalue weighted by atomic mass is 14.0. The molecule has 0 fully saturated rings. The minimum absolute atomic E-state index is 0.737. The summed E-state index contributed by atoms with van der Waals surface area (Å²) in [7, 11) is 0. The zero-order valence-electron chi connectivity index (χ0n) is 8.72. The van der Waals surface area contributed by atoms with Crippen LogP contribution >= 0.6 is 0 Å². The Bertz CT molecular complexity index is 131. The molecular formula is C12H22. The van der Waals surface area contributed by atoms with Gasteiger partial charge >= 0.3 is 0 Å². The molecule has 0 aromatic heterocycles. The third-order valence-electron chi connectivity index (χ3n) is 1.89. The Morgan fingerprint density at radius 1 is 1.08 bits per heavy atom. The molecule has 0 bridgehead atoms. The second-order valence-electron chi connectivity index (χ2n) is 3.37. The van der Waals surface area contributed by atoms with Crippen LogP contribution in [0, 0.1) is 5.92 Å². The molecule has 70 valence electrons. The average molecular weight is 166 g/mol. The van der Waals surface area contributed by atoms with Crippen LogP contribution in [0.2, 0.25) is 0 Å². The molecule has 0 aliphatic heterocycles. The normalized spacial score (nSPS) is 14.6. The van der Waals surface area contributed by atoms with Gasteiger partial charge in [-0.3, -0.25) is 0 Å². The van der Waals surface area contributed by atoms with Gasteiger partial charge in [0.15, 0.2) is 0 Å². The van der Waals surface area contributed by atoms with Gasteiger partial charge in [0, 0.05) is 0 Å². The first-order valence-electron chi connectivity index (χ1n) is 5.14. The zero-order chi connectivity index (χ0) is 9.23. The van der Waals surface area contributed by atoms with Crippen LogP contribution in [0.4, 0.5) is 0 Å². The van der Waals surface area contributed by atoms with E-state index < -0.39 is 0 Å². The first-order chi connectivity index (χ1) is 5.81. The number of hydrogen-bond acceptors (Lipinski definition) is 0. The summed E-state index contributed by atoms with van der Waals surface area (Å²) in [6.07, 6.45) is 13.9. The molecule has 1 atom stereocenters. The molecule has 0 nitrogen and oxygen atoms in total. The van der Waals surface area contributed by atoms with Gasteiger partial charge in [-0.05, 0) is 18.8 Å². The van der Waals surface area contributed by atoms with Crippen LogP contribution in [0.1, 0.15) is 46.5 Å². The number of rotatable bonds is 6. The number of unbranched alkanes of at least 4 members (excludes halogenated alkanes) is 1. The Balaban J connectivity index is 3.46. The first kappa shape index (κ1) is 11.5. The fourth-order valence-corrected chi connectivity index (χ4v) is 1.15. The lowest BCUT2D eigenvalue weighted by atomic mass is 10.1. The molecule has 12 heavy (non-hydrogen) atoms. The molecule has 0 aromatic carbocycles. The second-order valence-corrected chi connectivity index (χ2v) is 3.37. The molecular weight excluding hydrogens is 144 g/mol. The van der Waals surface area contributed by atoms with Crippen molar-refractivity contribution < 1.29 is 0 Å². The molecule has 0 heteroatoms. The molecule has 0 rings (SSSR count). The maximum Gasteiger partial charge on any atom is -0.0259 e. The van der Waals surface area contributed by atoms with Crippen molar-refractivity contribution in [1.82, 2.24) is 0 Å². The van der Waals surface area contributed by atoms with Gasteiger partial charge in [-0.25, -0.2) is 0 Å². The van der Waals surface area contributed by atoms with Gasteiger partial charge in [-0.1, -0.05) is 57.9 Å². The highest BCUT2D eigenvalue weighted by Gasteiger charge is 1.91. The number of hydrogen-bond donors (Lipinski definition) is 0. The van der Waals surface area contributed by atoms with Crippen molar-refractivity contribution in [2.75, 3.05) is 0 Å². The lowest BCUT2D eigenvalue weighted by Crippen LogP contribution is -1.85. The van der Waals surface area contributed by atoms with Crippen LogP contribution in [-0.4, -0.2) is 0 Å². The van der Waals surface area contributed by atoms with Gasteiger partial charge in [0.2, 0.25) is 0 Å². The summed E-state index contributed by atoms with van der Waals surface area (Å²) < 4.78 is 0. The smallest absolute Gasteiger partial charge is 0.0259 e. The van der Waals surface area contributed by atoms with E-state index in [4.69, 9.17) is 0 Å². The van der Waals surface area contributed by atoms with E-state index in [-0.39, 0.29) is 0 Å². The third-order valence-corrected chi connectivity index (χ3v) is 1.89. The van der Waals surface area contributed by atoms with Crippen molar-refractivity contribution in [1.29, 1.82) is 0 Å². The fourth-order valence-electron chi connectivity index (χ4n) is 1.15. The van der Waals surface area contributed by atoms with Crippen LogP contribution in [0.5, 0.6) is 0 Å². The maximum atomic E-state index is 2.29. The van der Waals surface area contributed by atoms with Gasteiger partial charge in [-0.2, -0.15) is 0 Å². The van der Waals surface area contributed by atoms with E-state index in [1.807, 2.05) is 0 Å². The highest BCUT2D eigenvalue weighted by Crippen LogP contribution is 2.06. The lowest BCUT2D eigenvalue weighted by molar-refractivity contribution is 0.634. The topological polar surface area (TPSA) is 0 Å². The standard InChI is InChI=1S/C12H22/c1-4-6-7-8-9-11-12(3)10-5-2/h7-9,11-12H,4-6,10H2,1-3H3/b8-7+,11-9+. The van der Waals surface area contributed by atoms with Crippen LogP contribution in [0.3, 0.4) is 0 Å². The summed E-state index contributed by atoms with van der Waals surface area (Å²) in [6.45, 7) is 6.71. The van der Waals surface area contributed by atoms with Gasteiger partial charge < -0.3 is 0 Å². The second kappa shape index (κ2) is 8.58. The molecule has 0 radical (unpaired) electrons. The Kier molecular flexibility index (Phi) is 8.20. The van der Waals surface area contributed by atoms with Crippen molar-refractivity contribution in [2.24, 2.45) is 5.92 Å². The van der Waals surface area contributed by atoms with E-state index in [1.165, 1.54) is 25.7 Å². The zero-order valence-corrected chi connectivity index (χ0v) is 8.72. The Morgan fingerprint density at radius 3 is 2.42 bits per heavy atom. The molecule has 0 aromatic rings. The van der Waals surface area contributed by atoms with E-state index in [0.717, 1.165) is 5.92 Å². The first-order valence-corrected chi connectivity index (χ1v) is 5.14. The summed E-state index contributed by atoms with van der Waals surface area (Å²) >= 11 is 0. The molecule has 1 unspecified atom stereocenters. The van der Waals surface area contributed by atoms with E-state index in [2.05, 4.69) is 45.1 Å². The van der Waals surface area contributed by atoms with Crippen LogP contribution in [-0.2, 0) is 0 Å². The van der Waals surface area contributed by atoms with Crippen LogP contribution in [0.25, 0.3) is 0 Å². The summed E-state index contributed by atoms with van der Waals surface area (Å²) in [4.78, 5) is 0. The Morgan fingerprint density at radius 2 is 1.83 bits per heavy atom. The van der Waals surface area contributed by atoms with Crippen molar-refractivity contribution in [2.45, 2.75) is 46.5 Å². The minimum Gasteiger partial charge on any atom is -0.0846 e. The summed E-state index contributed by atoms with van der Waals surface area (Å²) in [6, 6.07) is 0. The summed E-state index contributed by atoms with van der Waals surface area (Å²) in [5.41, 5.74) is 0. The fraction of sp³-hybridized carbons (Fsp3) is 0.667. The van der Waals surface area contributed by atoms with Gasteiger partial charge in [0.25, 0.3) is 0 Å². The molecule has 0 saturated carbocycles. The van der Waals surface area contributed by atoms with Crippen LogP contribution in [0.15, 0.2) is 24.3 Å². The molecule has 0 amide bonds. The van der Waals surface area contributed by atoms with Gasteiger partial charge in [0.05, 0.1) is 0 Å². The Labute approximate surface area is 77.4 Å². The van der Waals surface area contributed by atoms with E-state index in [9.17, 15) is 0 Å². The summed E-state index contributed by atoms with van der Waals surface area (Å²) in [5.74, 6) is 0.737. The monoisotopic (exact) mass is 166 g/mol. The minimum atomic E-state index is 0.737. The van der Waals surface area contributed by atoms with Gasteiger partial charge in [-0.15, -0.1) is 0 Å². The molecule has 0 aliphatic rings. The van der Waals surface area contributed by atoms with Crippen molar-refractivity contribution in [3.8, 4) is 0 Å². The largest absolute Gasteiger partial charge is 0.0846 e. The third kappa shape index (κ3) is 7.59. The van der Waals surface area contributed by atoms with Crippen molar-refractivity contribution >= 4 is 0 Å². The van der Waals surface area contributed by atoms with Gasteiger partial charge in [0.1, 0.15) is 0 Å². The lowest BCUT2D eigenvalue weighted by Gasteiger charge is -2.00. The summed E-state index contributed by atoms with van der Waals surface area (Å²) in [5, 5.41) is 0. The van der Waals surface area contributed by atoms with E-state index in [0.29, 0.717) is 0 Å². The molecule has 0 saturated heterocycles. The molecule has 0 aliphatic carbocycles. The number of allylic oxidation sites excluding steroid dienone is 4. The van der Waals surface area contributed by atoms with E-state index in [1.54, 1.807) is 0 Å². The van der Waals surface area contributed by atoms with E-state index >= 15 is 0 Å². The van der Waals surface area contributed by atoms with Crippen LogP contribution < -0.4 is 0 Å². The average Bonchev–Trinajstić information content (AvgIpc) is 2.05. The van der Waals surface area contributed by atoms with Crippen molar-refractivity contribution in [3.05, 3.63) is 24.3 Å². The maximum absolute atomic E-state index is 2.29. The van der Waals surface area contributed by atoms with Crippen molar-refractivity contribution in [3.63, 3.8) is 0 Å². The quantitative estimate of drug-likeness (QED) is 0.515. The molecule has 0 spiro atoms. The highest BCUT2D eigenvalue weighted by molar-refractivity contribution is 5.03. The predicted octanol–water partition coefficient (Wildman–Crippen LogP) is 4.34. The molecule has 0 heterocycles. The predicted molar refractivity (Wildman–Crippen MR) is 57.3 cm³/mol.